The average molecular weight is 334 g/mol. The molecule has 23 heavy (non-hydrogen) atoms. The van der Waals surface area contributed by atoms with Gasteiger partial charge in [-0.25, -0.2) is 0 Å². The molecule has 0 aromatic heterocycles. The molecule has 2 rings (SSSR count). The van der Waals surface area contributed by atoms with Crippen molar-refractivity contribution in [3.63, 3.8) is 0 Å². The smallest absolute Gasteiger partial charge is 0.184 e. The summed E-state index contributed by atoms with van der Waals surface area (Å²) >= 11 is 4.75. The first-order valence-electron chi connectivity index (χ1n) is 8.25. The van der Waals surface area contributed by atoms with E-state index in [9.17, 15) is 5.11 Å². The zero-order valence-corrected chi connectivity index (χ0v) is 15.0. The van der Waals surface area contributed by atoms with Crippen molar-refractivity contribution in [1.82, 2.24) is 5.43 Å². The number of rotatable bonds is 3. The zero-order chi connectivity index (χ0) is 17.0. The Morgan fingerprint density at radius 1 is 1.30 bits per heavy atom. The molecule has 0 bridgehead atoms. The highest BCUT2D eigenvalue weighted by Crippen LogP contribution is 2.39. The van der Waals surface area contributed by atoms with Crippen molar-refractivity contribution in [2.75, 3.05) is 0 Å². The first-order valence-corrected chi connectivity index (χ1v) is 8.66. The van der Waals surface area contributed by atoms with Gasteiger partial charge in [0.05, 0.1) is 6.21 Å². The molecule has 0 heterocycles. The van der Waals surface area contributed by atoms with Gasteiger partial charge in [-0.05, 0) is 48.0 Å². The third-order valence-electron chi connectivity index (χ3n) is 4.42. The molecule has 0 aliphatic heterocycles. The number of hydrogen-bond donors (Lipinski definition) is 3. The van der Waals surface area contributed by atoms with E-state index < -0.39 is 0 Å². The van der Waals surface area contributed by atoms with Crippen LogP contribution in [0.15, 0.2) is 17.2 Å². The Morgan fingerprint density at radius 3 is 2.52 bits per heavy atom. The summed E-state index contributed by atoms with van der Waals surface area (Å²) in [5.41, 5.74) is 10.8. The molecule has 4 N–H and O–H groups in total. The van der Waals surface area contributed by atoms with E-state index in [0.717, 1.165) is 5.56 Å². The molecule has 126 valence electrons. The second-order valence-electron chi connectivity index (χ2n) is 7.33. The van der Waals surface area contributed by atoms with E-state index in [2.05, 4.69) is 37.4 Å². The van der Waals surface area contributed by atoms with Crippen molar-refractivity contribution >= 4 is 23.5 Å². The maximum absolute atomic E-state index is 10.6. The van der Waals surface area contributed by atoms with E-state index in [1.807, 2.05) is 6.07 Å². The van der Waals surface area contributed by atoms with E-state index >= 15 is 0 Å². The van der Waals surface area contributed by atoms with Crippen molar-refractivity contribution in [3.05, 3.63) is 28.8 Å². The monoisotopic (exact) mass is 333 g/mol. The first kappa shape index (κ1) is 17.7. The van der Waals surface area contributed by atoms with Crippen LogP contribution in [0, 0.1) is 0 Å². The normalized spacial score (nSPS) is 16.7. The molecular formula is C18H27N3OS. The number of nitrogens with one attached hydrogen (secondary N) is 1. The molecule has 1 aromatic rings. The molecule has 1 aliphatic rings. The van der Waals surface area contributed by atoms with Gasteiger partial charge in [0.15, 0.2) is 5.11 Å². The predicted molar refractivity (Wildman–Crippen MR) is 100 cm³/mol. The molecule has 0 unspecified atom stereocenters. The van der Waals surface area contributed by atoms with Gasteiger partial charge < -0.3 is 10.8 Å². The van der Waals surface area contributed by atoms with Gasteiger partial charge in [-0.1, -0.05) is 46.1 Å². The first-order chi connectivity index (χ1) is 10.8. The van der Waals surface area contributed by atoms with Gasteiger partial charge in [-0.15, -0.1) is 0 Å². The minimum Gasteiger partial charge on any atom is -0.507 e. The molecule has 1 aliphatic carbocycles. The number of nitrogens with zero attached hydrogens (tertiary/aromatic N) is 1. The number of phenolic OH excluding ortho intramolecular Hbond substituents is 1. The molecule has 0 amide bonds. The van der Waals surface area contributed by atoms with Crippen LogP contribution in [0.1, 0.15) is 75.5 Å². The van der Waals surface area contributed by atoms with Crippen molar-refractivity contribution in [3.8, 4) is 5.75 Å². The van der Waals surface area contributed by atoms with Crippen molar-refractivity contribution < 1.29 is 5.11 Å². The largest absolute Gasteiger partial charge is 0.507 e. The highest BCUT2D eigenvalue weighted by molar-refractivity contribution is 7.80. The molecule has 1 fully saturated rings. The van der Waals surface area contributed by atoms with Gasteiger partial charge in [0.1, 0.15) is 5.75 Å². The lowest BCUT2D eigenvalue weighted by Gasteiger charge is -2.27. The van der Waals surface area contributed by atoms with Crippen LogP contribution < -0.4 is 11.2 Å². The fourth-order valence-corrected chi connectivity index (χ4v) is 3.24. The summed E-state index contributed by atoms with van der Waals surface area (Å²) in [6.07, 6.45) is 7.92. The van der Waals surface area contributed by atoms with E-state index in [4.69, 9.17) is 18.0 Å². The Kier molecular flexibility index (Phi) is 5.63. The van der Waals surface area contributed by atoms with Gasteiger partial charge in [0.2, 0.25) is 0 Å². The lowest BCUT2D eigenvalue weighted by Crippen LogP contribution is -2.24. The van der Waals surface area contributed by atoms with E-state index in [-0.39, 0.29) is 16.3 Å². The third-order valence-corrected chi connectivity index (χ3v) is 4.52. The Morgan fingerprint density at radius 2 is 1.96 bits per heavy atom. The van der Waals surface area contributed by atoms with E-state index in [1.54, 1.807) is 6.21 Å². The number of thiocarbonyl (C=S) groups is 1. The molecule has 0 atom stereocenters. The molecule has 1 aromatic carbocycles. The fraction of sp³-hybridized carbons (Fsp3) is 0.556. The summed E-state index contributed by atoms with van der Waals surface area (Å²) < 4.78 is 0. The van der Waals surface area contributed by atoms with Gasteiger partial charge in [0.25, 0.3) is 0 Å². The van der Waals surface area contributed by atoms with Gasteiger partial charge >= 0.3 is 0 Å². The molecule has 4 nitrogen and oxygen atoms in total. The maximum atomic E-state index is 10.6. The Labute approximate surface area is 144 Å². The standard InChI is InChI=1S/C18H27N3OS/c1-18(2,3)15-10-13(12-7-5-4-6-8-12)9-14(16(15)22)11-20-21-17(19)23/h9-12,22H,4-8H2,1-3H3,(H3,19,21,23). The Hall–Kier alpha value is -1.62. The number of benzene rings is 1. The molecule has 0 radical (unpaired) electrons. The van der Waals surface area contributed by atoms with E-state index in [1.165, 1.54) is 37.7 Å². The van der Waals surface area contributed by atoms with Crippen LogP contribution in [0.2, 0.25) is 0 Å². The number of hydrazone groups is 1. The summed E-state index contributed by atoms with van der Waals surface area (Å²) in [4.78, 5) is 0. The summed E-state index contributed by atoms with van der Waals surface area (Å²) in [6, 6.07) is 4.22. The Bertz CT molecular complexity index is 599. The second kappa shape index (κ2) is 7.30. The van der Waals surface area contributed by atoms with Crippen LogP contribution in [0.25, 0.3) is 0 Å². The molecule has 0 spiro atoms. The van der Waals surface area contributed by atoms with Gasteiger partial charge in [-0.3, -0.25) is 5.43 Å². The molecule has 0 saturated heterocycles. The highest BCUT2D eigenvalue weighted by atomic mass is 32.1. The number of hydrogen-bond acceptors (Lipinski definition) is 3. The zero-order valence-electron chi connectivity index (χ0n) is 14.2. The summed E-state index contributed by atoms with van der Waals surface area (Å²) in [6.45, 7) is 6.34. The van der Waals surface area contributed by atoms with E-state index in [0.29, 0.717) is 11.5 Å². The van der Waals surface area contributed by atoms with Crippen LogP contribution in [-0.4, -0.2) is 16.4 Å². The van der Waals surface area contributed by atoms with Crippen LogP contribution in [-0.2, 0) is 5.41 Å². The van der Waals surface area contributed by atoms with Crippen molar-refractivity contribution in [2.45, 2.75) is 64.2 Å². The Balaban J connectivity index is 2.42. The summed E-state index contributed by atoms with van der Waals surface area (Å²) in [5, 5.41) is 14.8. The minimum atomic E-state index is -0.131. The van der Waals surface area contributed by atoms with Crippen LogP contribution in [0.4, 0.5) is 0 Å². The van der Waals surface area contributed by atoms with Crippen LogP contribution in [0.3, 0.4) is 0 Å². The number of nitrogens with two attached hydrogens (primary N) is 1. The summed E-state index contributed by atoms with van der Waals surface area (Å²) in [7, 11) is 0. The summed E-state index contributed by atoms with van der Waals surface area (Å²) in [5.74, 6) is 0.853. The lowest BCUT2D eigenvalue weighted by atomic mass is 9.79. The van der Waals surface area contributed by atoms with Gasteiger partial charge in [-0.2, -0.15) is 5.10 Å². The maximum Gasteiger partial charge on any atom is 0.184 e. The van der Waals surface area contributed by atoms with Crippen LogP contribution in [0.5, 0.6) is 5.75 Å². The molecule has 1 saturated carbocycles. The van der Waals surface area contributed by atoms with Gasteiger partial charge in [0, 0.05) is 11.1 Å². The topological polar surface area (TPSA) is 70.6 Å². The lowest BCUT2D eigenvalue weighted by molar-refractivity contribution is 0.432. The highest BCUT2D eigenvalue weighted by Gasteiger charge is 2.24. The predicted octanol–water partition coefficient (Wildman–Crippen LogP) is 3.90. The van der Waals surface area contributed by atoms with Crippen molar-refractivity contribution in [2.24, 2.45) is 10.8 Å². The quantitative estimate of drug-likeness (QED) is 0.446. The number of aromatic hydroxyl groups is 1. The van der Waals surface area contributed by atoms with Crippen molar-refractivity contribution in [1.29, 1.82) is 0 Å². The average Bonchev–Trinajstić information content (AvgIpc) is 2.48. The number of phenols is 1. The molecule has 5 heteroatoms. The molecular weight excluding hydrogens is 306 g/mol. The second-order valence-corrected chi connectivity index (χ2v) is 7.77. The SMILES string of the molecule is CC(C)(C)c1cc(C2CCCCC2)cc(C=NNC(N)=S)c1O. The van der Waals surface area contributed by atoms with Crippen LogP contribution >= 0.6 is 12.2 Å². The third kappa shape index (κ3) is 4.67. The fourth-order valence-electron chi connectivity index (χ4n) is 3.19. The minimum absolute atomic E-state index is 0.111.